The maximum Gasteiger partial charge on any atom is 0.254 e. The highest BCUT2D eigenvalue weighted by Crippen LogP contribution is 2.31. The molecule has 0 aromatic heterocycles. The van der Waals surface area contributed by atoms with Crippen molar-refractivity contribution in [2.24, 2.45) is 5.92 Å². The molecule has 1 aliphatic heterocycles. The molecule has 0 spiro atoms. The second kappa shape index (κ2) is 7.37. The van der Waals surface area contributed by atoms with E-state index in [0.29, 0.717) is 18.1 Å². The van der Waals surface area contributed by atoms with Crippen LogP contribution in [-0.4, -0.2) is 29.0 Å². The number of amides is 1. The Labute approximate surface area is 147 Å². The fourth-order valence-electron chi connectivity index (χ4n) is 3.33. The molecule has 0 bridgehead atoms. The van der Waals surface area contributed by atoms with Crippen LogP contribution in [0.25, 0.3) is 0 Å². The van der Waals surface area contributed by atoms with Crippen LogP contribution in [0.1, 0.15) is 40.4 Å². The Kier molecular flexibility index (Phi) is 5.22. The largest absolute Gasteiger partial charge is 0.388 e. The van der Waals surface area contributed by atoms with Crippen molar-refractivity contribution >= 4 is 17.5 Å². The van der Waals surface area contributed by atoms with Crippen molar-refractivity contribution in [2.75, 3.05) is 13.1 Å². The van der Waals surface area contributed by atoms with Crippen molar-refractivity contribution in [1.82, 2.24) is 4.90 Å². The van der Waals surface area contributed by atoms with E-state index in [1.54, 1.807) is 12.1 Å². The number of nitrogens with zero attached hydrogens (tertiary/aromatic N) is 1. The van der Waals surface area contributed by atoms with Crippen LogP contribution in [0.15, 0.2) is 48.5 Å². The summed E-state index contributed by atoms with van der Waals surface area (Å²) in [5, 5.41) is 11.2. The second-order valence-corrected chi connectivity index (χ2v) is 6.88. The molecule has 2 aromatic carbocycles. The van der Waals surface area contributed by atoms with Gasteiger partial charge in [0.1, 0.15) is 0 Å². The van der Waals surface area contributed by atoms with Crippen LogP contribution in [-0.2, 0) is 0 Å². The summed E-state index contributed by atoms with van der Waals surface area (Å²) in [6, 6.07) is 15.0. The lowest BCUT2D eigenvalue weighted by atomic mass is 9.87. The molecule has 126 valence electrons. The van der Waals surface area contributed by atoms with E-state index in [1.165, 1.54) is 0 Å². The molecule has 1 unspecified atom stereocenters. The first-order valence-electron chi connectivity index (χ1n) is 8.34. The zero-order valence-corrected chi connectivity index (χ0v) is 14.5. The molecule has 1 heterocycles. The van der Waals surface area contributed by atoms with Gasteiger partial charge >= 0.3 is 0 Å². The van der Waals surface area contributed by atoms with Crippen molar-refractivity contribution < 1.29 is 9.90 Å². The predicted octanol–water partition coefficient (Wildman–Crippen LogP) is 4.23. The molecule has 1 atom stereocenters. The highest BCUT2D eigenvalue weighted by Gasteiger charge is 2.29. The van der Waals surface area contributed by atoms with Crippen LogP contribution < -0.4 is 0 Å². The lowest BCUT2D eigenvalue weighted by Crippen LogP contribution is -2.40. The van der Waals surface area contributed by atoms with Gasteiger partial charge in [-0.3, -0.25) is 4.79 Å². The normalized spacial score (nSPS) is 16.9. The maximum absolute atomic E-state index is 12.7. The molecule has 1 aliphatic rings. The van der Waals surface area contributed by atoms with Gasteiger partial charge < -0.3 is 10.0 Å². The maximum atomic E-state index is 12.7. The number of aryl methyl sites for hydroxylation is 1. The van der Waals surface area contributed by atoms with Crippen molar-refractivity contribution in [1.29, 1.82) is 0 Å². The van der Waals surface area contributed by atoms with E-state index in [0.717, 1.165) is 29.5 Å². The quantitative estimate of drug-likeness (QED) is 0.905. The third-order valence-electron chi connectivity index (χ3n) is 4.86. The van der Waals surface area contributed by atoms with Gasteiger partial charge in [-0.2, -0.15) is 0 Å². The van der Waals surface area contributed by atoms with Crippen LogP contribution >= 0.6 is 11.6 Å². The summed E-state index contributed by atoms with van der Waals surface area (Å²) in [5.74, 6) is 0.264. The van der Waals surface area contributed by atoms with Crippen LogP contribution in [0.4, 0.5) is 0 Å². The lowest BCUT2D eigenvalue weighted by molar-refractivity contribution is 0.0462. The van der Waals surface area contributed by atoms with E-state index in [4.69, 9.17) is 11.6 Å². The molecular weight excluding hydrogens is 322 g/mol. The van der Waals surface area contributed by atoms with Gasteiger partial charge in [0.15, 0.2) is 0 Å². The Morgan fingerprint density at radius 1 is 1.12 bits per heavy atom. The smallest absolute Gasteiger partial charge is 0.254 e. The number of halogens is 1. The van der Waals surface area contributed by atoms with Crippen LogP contribution in [0.5, 0.6) is 0 Å². The molecule has 2 aromatic rings. The summed E-state index contributed by atoms with van der Waals surface area (Å²) in [4.78, 5) is 14.5. The van der Waals surface area contributed by atoms with Crippen molar-refractivity contribution in [3.8, 4) is 0 Å². The van der Waals surface area contributed by atoms with E-state index in [-0.39, 0.29) is 11.8 Å². The summed E-state index contributed by atoms with van der Waals surface area (Å²) in [6.45, 7) is 3.33. The fourth-order valence-corrected chi connectivity index (χ4v) is 3.46. The molecule has 1 amide bonds. The Hall–Kier alpha value is -1.84. The summed E-state index contributed by atoms with van der Waals surface area (Å²) < 4.78 is 0. The van der Waals surface area contributed by atoms with Crippen molar-refractivity contribution in [3.05, 3.63) is 70.2 Å². The topological polar surface area (TPSA) is 40.5 Å². The van der Waals surface area contributed by atoms with Gasteiger partial charge in [0.2, 0.25) is 0 Å². The van der Waals surface area contributed by atoms with Gasteiger partial charge in [-0.15, -0.1) is 0 Å². The molecule has 3 rings (SSSR count). The third-order valence-corrected chi connectivity index (χ3v) is 5.11. The first kappa shape index (κ1) is 17.0. The van der Waals surface area contributed by atoms with Gasteiger partial charge in [0.05, 0.1) is 6.10 Å². The number of rotatable bonds is 3. The summed E-state index contributed by atoms with van der Waals surface area (Å²) in [5.41, 5.74) is 2.67. The average molecular weight is 344 g/mol. The van der Waals surface area contributed by atoms with Gasteiger partial charge in [0.25, 0.3) is 5.91 Å². The van der Waals surface area contributed by atoms with E-state index in [2.05, 4.69) is 0 Å². The fraction of sp³-hybridized carbons (Fsp3) is 0.350. The van der Waals surface area contributed by atoms with Gasteiger partial charge in [0, 0.05) is 23.7 Å². The summed E-state index contributed by atoms with van der Waals surface area (Å²) in [7, 11) is 0. The van der Waals surface area contributed by atoms with E-state index < -0.39 is 6.10 Å². The minimum absolute atomic E-state index is 0.0903. The minimum atomic E-state index is -0.502. The molecule has 1 saturated heterocycles. The van der Waals surface area contributed by atoms with Crippen LogP contribution in [0, 0.1) is 12.8 Å². The van der Waals surface area contributed by atoms with Crippen LogP contribution in [0.2, 0.25) is 5.02 Å². The molecule has 4 heteroatoms. The predicted molar refractivity (Wildman–Crippen MR) is 96.2 cm³/mol. The van der Waals surface area contributed by atoms with E-state index in [1.807, 2.05) is 48.2 Å². The van der Waals surface area contributed by atoms with Gasteiger partial charge in [-0.1, -0.05) is 41.9 Å². The minimum Gasteiger partial charge on any atom is -0.388 e. The number of aliphatic hydroxyl groups is 1. The van der Waals surface area contributed by atoms with Gasteiger partial charge in [-0.25, -0.2) is 0 Å². The number of carbonyl (C=O) groups excluding carboxylic acids is 1. The zero-order valence-electron chi connectivity index (χ0n) is 13.8. The summed E-state index contributed by atoms with van der Waals surface area (Å²) >= 11 is 5.90. The molecular formula is C20H22ClNO2. The average Bonchev–Trinajstić information content (AvgIpc) is 2.62. The number of benzene rings is 2. The summed E-state index contributed by atoms with van der Waals surface area (Å²) in [6.07, 6.45) is 1.11. The highest BCUT2D eigenvalue weighted by atomic mass is 35.5. The first-order chi connectivity index (χ1) is 11.6. The number of piperidine rings is 1. The standard InChI is InChI=1S/C20H22ClNO2/c1-14-4-2-3-5-18(14)20(24)22-12-10-16(11-13-22)19(23)15-6-8-17(21)9-7-15/h2-9,16,19,23H,10-13H2,1H3. The Morgan fingerprint density at radius 3 is 2.38 bits per heavy atom. The molecule has 0 saturated carbocycles. The van der Waals surface area contributed by atoms with Crippen molar-refractivity contribution in [2.45, 2.75) is 25.9 Å². The van der Waals surface area contributed by atoms with Crippen LogP contribution in [0.3, 0.4) is 0 Å². The number of likely N-dealkylation sites (tertiary alicyclic amines) is 1. The Morgan fingerprint density at radius 2 is 1.75 bits per heavy atom. The van der Waals surface area contributed by atoms with Crippen molar-refractivity contribution in [3.63, 3.8) is 0 Å². The molecule has 3 nitrogen and oxygen atoms in total. The third kappa shape index (κ3) is 3.63. The Bertz CT molecular complexity index is 706. The molecule has 0 radical (unpaired) electrons. The first-order valence-corrected chi connectivity index (χ1v) is 8.72. The SMILES string of the molecule is Cc1ccccc1C(=O)N1CCC(C(O)c2ccc(Cl)cc2)CC1. The highest BCUT2D eigenvalue weighted by molar-refractivity contribution is 6.30. The molecule has 24 heavy (non-hydrogen) atoms. The monoisotopic (exact) mass is 343 g/mol. The number of carbonyl (C=O) groups is 1. The zero-order chi connectivity index (χ0) is 17.1. The van der Waals surface area contributed by atoms with Gasteiger partial charge in [-0.05, 0) is 55.0 Å². The number of hydrogen-bond donors (Lipinski definition) is 1. The second-order valence-electron chi connectivity index (χ2n) is 6.44. The molecule has 1 fully saturated rings. The molecule has 0 aliphatic carbocycles. The number of hydrogen-bond acceptors (Lipinski definition) is 2. The molecule has 1 N–H and O–H groups in total. The number of aliphatic hydroxyl groups excluding tert-OH is 1. The lowest BCUT2D eigenvalue weighted by Gasteiger charge is -2.34. The van der Waals surface area contributed by atoms with E-state index in [9.17, 15) is 9.90 Å². The Balaban J connectivity index is 1.62. The van der Waals surface area contributed by atoms with E-state index >= 15 is 0 Å².